The zero-order chi connectivity index (χ0) is 30.5. The number of rotatable bonds is 8. The highest BCUT2D eigenvalue weighted by Crippen LogP contribution is 2.22. The molecule has 0 radical (unpaired) electrons. The lowest BCUT2D eigenvalue weighted by molar-refractivity contribution is -0.153. The summed E-state index contributed by atoms with van der Waals surface area (Å²) in [6.07, 6.45) is 0.304. The third-order valence-corrected chi connectivity index (χ3v) is 6.77. The van der Waals surface area contributed by atoms with E-state index in [4.69, 9.17) is 14.2 Å². The van der Waals surface area contributed by atoms with Gasteiger partial charge in [-0.3, -0.25) is 9.48 Å². The number of benzene rings is 1. The highest BCUT2D eigenvalue weighted by Gasteiger charge is 2.43. The van der Waals surface area contributed by atoms with Crippen LogP contribution in [0.5, 0.6) is 0 Å². The number of sulfonamides is 1. The summed E-state index contributed by atoms with van der Waals surface area (Å²) in [5, 5.41) is 4.00. The minimum absolute atomic E-state index is 0.213. The Kier molecular flexibility index (Phi) is 10.1. The molecule has 1 aromatic heterocycles. The van der Waals surface area contributed by atoms with Crippen LogP contribution < -0.4 is 0 Å². The number of aromatic nitrogens is 2. The molecule has 220 valence electrons. The maximum absolute atomic E-state index is 13.7. The monoisotopic (exact) mass is 580 g/mol. The number of methoxy groups -OCH3 is 1. The second-order valence-corrected chi connectivity index (χ2v) is 12.7. The van der Waals surface area contributed by atoms with Gasteiger partial charge in [0.1, 0.15) is 17.7 Å². The molecule has 13 nitrogen and oxygen atoms in total. The van der Waals surface area contributed by atoms with E-state index in [1.54, 1.807) is 33.8 Å². The van der Waals surface area contributed by atoms with Crippen molar-refractivity contribution in [3.05, 3.63) is 48.3 Å². The number of ether oxygens (including phenoxy) is 3. The summed E-state index contributed by atoms with van der Waals surface area (Å²) in [4.78, 5) is 53.2. The normalized spacial score (nSPS) is 12.7. The minimum atomic E-state index is -4.65. The van der Waals surface area contributed by atoms with E-state index in [0.29, 0.717) is 4.90 Å². The van der Waals surface area contributed by atoms with Gasteiger partial charge in [-0.15, -0.1) is 0 Å². The quantitative estimate of drug-likeness (QED) is 0.336. The van der Waals surface area contributed by atoms with Gasteiger partial charge in [-0.25, -0.2) is 27.7 Å². The van der Waals surface area contributed by atoms with E-state index in [9.17, 15) is 27.6 Å². The molecule has 0 spiro atoms. The fourth-order valence-corrected chi connectivity index (χ4v) is 4.54. The molecule has 0 bridgehead atoms. The van der Waals surface area contributed by atoms with E-state index in [2.05, 4.69) is 5.10 Å². The third-order valence-electron chi connectivity index (χ3n) is 5.05. The molecule has 0 aliphatic carbocycles. The highest BCUT2D eigenvalue weighted by atomic mass is 32.2. The van der Waals surface area contributed by atoms with Crippen molar-refractivity contribution in [2.45, 2.75) is 77.2 Å². The predicted molar refractivity (Wildman–Crippen MR) is 142 cm³/mol. The van der Waals surface area contributed by atoms with Gasteiger partial charge in [0.25, 0.3) is 15.9 Å². The molecule has 2 rings (SSSR count). The topological polar surface area (TPSA) is 154 Å². The number of amides is 3. The first kappa shape index (κ1) is 32.3. The molecule has 0 unspecified atom stereocenters. The van der Waals surface area contributed by atoms with Gasteiger partial charge in [0.2, 0.25) is 0 Å². The summed E-state index contributed by atoms with van der Waals surface area (Å²) in [6.45, 7) is 9.43. The van der Waals surface area contributed by atoms with E-state index >= 15 is 0 Å². The van der Waals surface area contributed by atoms with Crippen molar-refractivity contribution in [3.8, 4) is 0 Å². The zero-order valence-corrected chi connectivity index (χ0v) is 24.7. The number of esters is 1. The maximum Gasteiger partial charge on any atom is 0.424 e. The number of hydrogen-bond donors (Lipinski definition) is 0. The molecular weight excluding hydrogens is 544 g/mol. The Morgan fingerprint density at radius 2 is 1.50 bits per heavy atom. The molecular formula is C26H36N4O9S. The number of carbonyl (C=O) groups excluding carboxylic acids is 4. The summed E-state index contributed by atoms with van der Waals surface area (Å²) in [7, 11) is -3.59. The zero-order valence-electron chi connectivity index (χ0n) is 23.9. The maximum atomic E-state index is 13.7. The summed E-state index contributed by atoms with van der Waals surface area (Å²) in [6, 6.07) is 5.53. The summed E-state index contributed by atoms with van der Waals surface area (Å²) >= 11 is 0. The SMILES string of the molecule is COC(=O)[C@H](Cn1cccn1)N(C(=O)CN(C(=O)OC(C)(C)C)S(=O)(=O)c1ccc(C)cc1)C(=O)OC(C)(C)C. The Morgan fingerprint density at radius 1 is 0.950 bits per heavy atom. The lowest BCUT2D eigenvalue weighted by Gasteiger charge is -2.32. The van der Waals surface area contributed by atoms with Crippen molar-refractivity contribution in [1.29, 1.82) is 0 Å². The lowest BCUT2D eigenvalue weighted by atomic mass is 10.2. The molecule has 0 aliphatic rings. The van der Waals surface area contributed by atoms with E-state index in [0.717, 1.165) is 12.7 Å². The van der Waals surface area contributed by atoms with Gasteiger partial charge in [0.15, 0.2) is 6.04 Å². The van der Waals surface area contributed by atoms with Crippen molar-refractivity contribution < 1.29 is 41.8 Å². The van der Waals surface area contributed by atoms with Gasteiger partial charge in [0, 0.05) is 12.4 Å². The summed E-state index contributed by atoms with van der Waals surface area (Å²) in [5.41, 5.74) is -1.46. The van der Waals surface area contributed by atoms with E-state index in [1.165, 1.54) is 62.1 Å². The lowest BCUT2D eigenvalue weighted by Crippen LogP contribution is -2.56. The first-order valence-corrected chi connectivity index (χ1v) is 13.7. The van der Waals surface area contributed by atoms with Crippen LogP contribution in [0.25, 0.3) is 0 Å². The van der Waals surface area contributed by atoms with Crippen molar-refractivity contribution >= 4 is 34.1 Å². The molecule has 0 fully saturated rings. The Balaban J connectivity index is 2.61. The summed E-state index contributed by atoms with van der Waals surface area (Å²) < 4.78 is 44.1. The molecule has 1 aromatic carbocycles. The Morgan fingerprint density at radius 3 is 1.98 bits per heavy atom. The van der Waals surface area contributed by atoms with Gasteiger partial charge < -0.3 is 14.2 Å². The number of aryl methyl sites for hydroxylation is 1. The fourth-order valence-electron chi connectivity index (χ4n) is 3.29. The Hall–Kier alpha value is -3.94. The largest absolute Gasteiger partial charge is 0.467 e. The second-order valence-electron chi connectivity index (χ2n) is 10.8. The van der Waals surface area contributed by atoms with Gasteiger partial charge in [-0.1, -0.05) is 17.7 Å². The van der Waals surface area contributed by atoms with Gasteiger partial charge >= 0.3 is 18.2 Å². The first-order valence-electron chi connectivity index (χ1n) is 12.3. The Labute approximate surface area is 234 Å². The van der Waals surface area contributed by atoms with Crippen LogP contribution in [0.1, 0.15) is 47.1 Å². The number of nitrogens with zero attached hydrogens (tertiary/aromatic N) is 4. The van der Waals surface area contributed by atoms with Crippen molar-refractivity contribution in [2.24, 2.45) is 0 Å². The third kappa shape index (κ3) is 8.79. The molecule has 14 heteroatoms. The van der Waals surface area contributed by atoms with Gasteiger partial charge in [-0.2, -0.15) is 9.40 Å². The molecule has 0 N–H and O–H groups in total. The standard InChI is InChI=1S/C26H36N4O9S/c1-18-10-12-19(13-11-18)40(35,36)29(23(33)38-25(2,3)4)17-21(31)30(24(34)39-26(5,6)7)20(22(32)37-8)16-28-15-9-14-27-28/h9-15,20H,16-17H2,1-8H3/t20-/m0/s1. The number of imide groups is 1. The molecule has 40 heavy (non-hydrogen) atoms. The van der Waals surface area contributed by atoms with E-state index in [-0.39, 0.29) is 15.7 Å². The van der Waals surface area contributed by atoms with Crippen molar-refractivity contribution in [2.75, 3.05) is 13.7 Å². The van der Waals surface area contributed by atoms with E-state index in [1.807, 2.05) is 0 Å². The Bertz CT molecular complexity index is 1310. The molecule has 2 aromatic rings. The van der Waals surface area contributed by atoms with Gasteiger partial charge in [-0.05, 0) is 66.7 Å². The van der Waals surface area contributed by atoms with Crippen LogP contribution in [0.2, 0.25) is 0 Å². The molecule has 0 aliphatic heterocycles. The van der Waals surface area contributed by atoms with Crippen LogP contribution in [0.15, 0.2) is 47.6 Å². The smallest absolute Gasteiger partial charge is 0.424 e. The van der Waals surface area contributed by atoms with Crippen molar-refractivity contribution in [3.63, 3.8) is 0 Å². The second kappa shape index (κ2) is 12.5. The average Bonchev–Trinajstić information content (AvgIpc) is 3.32. The van der Waals surface area contributed by atoms with Crippen LogP contribution in [-0.4, -0.2) is 82.4 Å². The van der Waals surface area contributed by atoms with E-state index < -0.39 is 57.9 Å². The molecule has 0 saturated heterocycles. The number of carbonyl (C=O) groups is 4. The fraction of sp³-hybridized carbons (Fsp3) is 0.500. The van der Waals surface area contributed by atoms with Crippen LogP contribution >= 0.6 is 0 Å². The minimum Gasteiger partial charge on any atom is -0.467 e. The summed E-state index contributed by atoms with van der Waals surface area (Å²) in [5.74, 6) is -2.24. The highest BCUT2D eigenvalue weighted by molar-refractivity contribution is 7.89. The van der Waals surface area contributed by atoms with Crippen LogP contribution in [0, 0.1) is 6.92 Å². The predicted octanol–water partition coefficient (Wildman–Crippen LogP) is 3.12. The van der Waals surface area contributed by atoms with Gasteiger partial charge in [0.05, 0.1) is 18.6 Å². The van der Waals surface area contributed by atoms with Crippen LogP contribution in [0.3, 0.4) is 0 Å². The van der Waals surface area contributed by atoms with Crippen molar-refractivity contribution in [1.82, 2.24) is 19.0 Å². The molecule has 0 saturated carbocycles. The van der Waals surface area contributed by atoms with Crippen LogP contribution in [-0.2, 0) is 40.4 Å². The van der Waals surface area contributed by atoms with Crippen LogP contribution in [0.4, 0.5) is 9.59 Å². The number of hydrogen-bond acceptors (Lipinski definition) is 10. The average molecular weight is 581 g/mol. The first-order chi connectivity index (χ1) is 18.4. The molecule has 1 heterocycles. The molecule has 3 amide bonds. The molecule has 1 atom stereocenters.